The standard InChI is InChI=1S/C21H22N2O3/c1-4-14-6-8-15(9-7-14)23-20-17-12-16(25-3)10-11-19(17)22-13-18(20)21(24)26-5-2/h6-13H,4-5H2,1-3H3,(H,22,23). The fraction of sp³-hybridized carbons (Fsp3) is 0.238. The molecule has 5 heteroatoms. The van der Waals surface area contributed by atoms with Gasteiger partial charge in [-0.2, -0.15) is 0 Å². The smallest absolute Gasteiger partial charge is 0.341 e. The lowest BCUT2D eigenvalue weighted by molar-refractivity contribution is 0.0527. The molecule has 0 radical (unpaired) electrons. The van der Waals surface area contributed by atoms with Gasteiger partial charge in [-0.1, -0.05) is 19.1 Å². The molecule has 0 fully saturated rings. The number of aromatic nitrogens is 1. The molecule has 0 saturated heterocycles. The van der Waals surface area contributed by atoms with Crippen LogP contribution in [0.15, 0.2) is 48.7 Å². The first-order chi connectivity index (χ1) is 12.7. The molecule has 5 nitrogen and oxygen atoms in total. The number of hydrogen-bond acceptors (Lipinski definition) is 5. The lowest BCUT2D eigenvalue weighted by Crippen LogP contribution is -2.09. The summed E-state index contributed by atoms with van der Waals surface area (Å²) in [7, 11) is 1.61. The number of nitrogens with zero attached hydrogens (tertiary/aromatic N) is 1. The highest BCUT2D eigenvalue weighted by molar-refractivity contribution is 6.06. The number of aryl methyl sites for hydroxylation is 1. The molecular formula is C21H22N2O3. The maximum Gasteiger partial charge on any atom is 0.341 e. The summed E-state index contributed by atoms with van der Waals surface area (Å²) in [5.41, 5.74) is 3.97. The van der Waals surface area contributed by atoms with Gasteiger partial charge in [0, 0.05) is 17.3 Å². The minimum absolute atomic E-state index is 0.305. The highest BCUT2D eigenvalue weighted by atomic mass is 16.5. The van der Waals surface area contributed by atoms with Crippen molar-refractivity contribution in [2.24, 2.45) is 0 Å². The molecule has 0 atom stereocenters. The second kappa shape index (κ2) is 7.87. The molecule has 1 aromatic heterocycles. The van der Waals surface area contributed by atoms with Gasteiger partial charge in [0.05, 0.1) is 24.9 Å². The SMILES string of the molecule is CCOC(=O)c1cnc2ccc(OC)cc2c1Nc1ccc(CC)cc1. The van der Waals surface area contributed by atoms with Gasteiger partial charge >= 0.3 is 5.97 Å². The zero-order valence-corrected chi connectivity index (χ0v) is 15.2. The second-order valence-corrected chi connectivity index (χ2v) is 5.83. The maximum atomic E-state index is 12.4. The summed E-state index contributed by atoms with van der Waals surface area (Å²) in [6.45, 7) is 4.20. The van der Waals surface area contributed by atoms with Gasteiger partial charge in [0.25, 0.3) is 0 Å². The Kier molecular flexibility index (Phi) is 5.37. The van der Waals surface area contributed by atoms with Crippen LogP contribution in [-0.2, 0) is 11.2 Å². The van der Waals surface area contributed by atoms with Crippen molar-refractivity contribution in [1.82, 2.24) is 4.98 Å². The first kappa shape index (κ1) is 17.7. The molecule has 3 rings (SSSR count). The van der Waals surface area contributed by atoms with E-state index in [1.165, 1.54) is 5.56 Å². The van der Waals surface area contributed by atoms with Crippen molar-refractivity contribution in [3.63, 3.8) is 0 Å². The molecule has 2 aromatic carbocycles. The zero-order valence-electron chi connectivity index (χ0n) is 15.2. The third kappa shape index (κ3) is 3.61. The number of pyridine rings is 1. The number of benzene rings is 2. The van der Waals surface area contributed by atoms with Gasteiger partial charge in [0.1, 0.15) is 11.3 Å². The topological polar surface area (TPSA) is 60.5 Å². The number of carbonyl (C=O) groups is 1. The van der Waals surface area contributed by atoms with E-state index in [0.717, 1.165) is 23.0 Å². The van der Waals surface area contributed by atoms with Gasteiger partial charge in [0.2, 0.25) is 0 Å². The Morgan fingerprint density at radius 1 is 1.12 bits per heavy atom. The first-order valence-electron chi connectivity index (χ1n) is 8.66. The van der Waals surface area contributed by atoms with Crippen LogP contribution in [0.4, 0.5) is 11.4 Å². The van der Waals surface area contributed by atoms with E-state index in [4.69, 9.17) is 9.47 Å². The molecular weight excluding hydrogens is 328 g/mol. The summed E-state index contributed by atoms with van der Waals surface area (Å²) < 4.78 is 10.5. The molecule has 0 aliphatic rings. The van der Waals surface area contributed by atoms with Crippen molar-refractivity contribution in [3.05, 3.63) is 59.8 Å². The molecule has 0 bridgehead atoms. The number of hydrogen-bond donors (Lipinski definition) is 1. The molecule has 26 heavy (non-hydrogen) atoms. The van der Waals surface area contributed by atoms with Crippen LogP contribution in [0.5, 0.6) is 5.75 Å². The minimum Gasteiger partial charge on any atom is -0.497 e. The third-order valence-corrected chi connectivity index (χ3v) is 4.20. The van der Waals surface area contributed by atoms with Crippen molar-refractivity contribution in [2.45, 2.75) is 20.3 Å². The summed E-state index contributed by atoms with van der Waals surface area (Å²) in [5, 5.41) is 4.16. The largest absolute Gasteiger partial charge is 0.497 e. The van der Waals surface area contributed by atoms with E-state index in [-0.39, 0.29) is 0 Å². The van der Waals surface area contributed by atoms with Crippen LogP contribution in [0.1, 0.15) is 29.8 Å². The maximum absolute atomic E-state index is 12.4. The predicted molar refractivity (Wildman–Crippen MR) is 103 cm³/mol. The Balaban J connectivity index is 2.13. The van der Waals surface area contributed by atoms with Gasteiger partial charge < -0.3 is 14.8 Å². The van der Waals surface area contributed by atoms with Crippen molar-refractivity contribution in [1.29, 1.82) is 0 Å². The van der Waals surface area contributed by atoms with Crippen LogP contribution in [-0.4, -0.2) is 24.7 Å². The normalized spacial score (nSPS) is 10.6. The Hall–Kier alpha value is -3.08. The highest BCUT2D eigenvalue weighted by Crippen LogP contribution is 2.32. The molecule has 1 N–H and O–H groups in total. The van der Waals surface area contributed by atoms with Crippen molar-refractivity contribution in [2.75, 3.05) is 19.0 Å². The number of ether oxygens (including phenoxy) is 2. The fourth-order valence-electron chi connectivity index (χ4n) is 2.77. The number of fused-ring (bicyclic) bond motifs is 1. The van der Waals surface area contributed by atoms with E-state index >= 15 is 0 Å². The second-order valence-electron chi connectivity index (χ2n) is 5.83. The van der Waals surface area contributed by atoms with Gasteiger partial charge in [-0.05, 0) is 49.2 Å². The Morgan fingerprint density at radius 3 is 2.54 bits per heavy atom. The Labute approximate surface area is 153 Å². The lowest BCUT2D eigenvalue weighted by Gasteiger charge is -2.15. The summed E-state index contributed by atoms with van der Waals surface area (Å²) in [6.07, 6.45) is 2.53. The van der Waals surface area contributed by atoms with Crippen molar-refractivity contribution >= 4 is 28.2 Å². The monoisotopic (exact) mass is 350 g/mol. The molecule has 134 valence electrons. The van der Waals surface area contributed by atoms with Gasteiger partial charge in [-0.25, -0.2) is 4.79 Å². The van der Waals surface area contributed by atoms with Gasteiger partial charge in [-0.3, -0.25) is 4.98 Å². The highest BCUT2D eigenvalue weighted by Gasteiger charge is 2.17. The van der Waals surface area contributed by atoms with Crippen LogP contribution in [0.25, 0.3) is 10.9 Å². The molecule has 0 aliphatic carbocycles. The molecule has 1 heterocycles. The number of anilines is 2. The summed E-state index contributed by atoms with van der Waals surface area (Å²) in [5.74, 6) is 0.294. The summed E-state index contributed by atoms with van der Waals surface area (Å²) >= 11 is 0. The number of esters is 1. The van der Waals surface area contributed by atoms with Gasteiger partial charge in [-0.15, -0.1) is 0 Å². The first-order valence-corrected chi connectivity index (χ1v) is 8.66. The van der Waals surface area contributed by atoms with E-state index < -0.39 is 5.97 Å². The van der Waals surface area contributed by atoms with E-state index in [1.807, 2.05) is 30.3 Å². The lowest BCUT2D eigenvalue weighted by atomic mass is 10.1. The fourth-order valence-corrected chi connectivity index (χ4v) is 2.77. The quantitative estimate of drug-likeness (QED) is 0.652. The Bertz CT molecular complexity index is 920. The molecule has 3 aromatic rings. The number of nitrogens with one attached hydrogen (secondary N) is 1. The van der Waals surface area contributed by atoms with Crippen LogP contribution in [0.2, 0.25) is 0 Å². The average Bonchev–Trinajstić information content (AvgIpc) is 2.68. The van der Waals surface area contributed by atoms with Crippen LogP contribution < -0.4 is 10.1 Å². The minimum atomic E-state index is -0.405. The number of carbonyl (C=O) groups excluding carboxylic acids is 1. The van der Waals surface area contributed by atoms with E-state index in [2.05, 4.69) is 29.4 Å². The molecule has 0 spiro atoms. The van der Waals surface area contributed by atoms with E-state index in [9.17, 15) is 4.79 Å². The third-order valence-electron chi connectivity index (χ3n) is 4.20. The van der Waals surface area contributed by atoms with E-state index in [0.29, 0.717) is 23.6 Å². The molecule has 0 unspecified atom stereocenters. The number of rotatable bonds is 6. The zero-order chi connectivity index (χ0) is 18.5. The predicted octanol–water partition coefficient (Wildman–Crippen LogP) is 4.73. The number of methoxy groups -OCH3 is 1. The molecule has 0 amide bonds. The average molecular weight is 350 g/mol. The van der Waals surface area contributed by atoms with Crippen molar-refractivity contribution < 1.29 is 14.3 Å². The van der Waals surface area contributed by atoms with E-state index in [1.54, 1.807) is 20.2 Å². The summed E-state index contributed by atoms with van der Waals surface area (Å²) in [4.78, 5) is 16.8. The summed E-state index contributed by atoms with van der Waals surface area (Å²) in [6, 6.07) is 13.7. The van der Waals surface area contributed by atoms with Crippen LogP contribution in [0, 0.1) is 0 Å². The van der Waals surface area contributed by atoms with Crippen molar-refractivity contribution in [3.8, 4) is 5.75 Å². The van der Waals surface area contributed by atoms with Gasteiger partial charge in [0.15, 0.2) is 0 Å². The van der Waals surface area contributed by atoms with Crippen LogP contribution in [0.3, 0.4) is 0 Å². The molecule has 0 aliphatic heterocycles. The Morgan fingerprint density at radius 2 is 1.88 bits per heavy atom. The molecule has 0 saturated carbocycles. The van der Waals surface area contributed by atoms with Crippen LogP contribution >= 0.6 is 0 Å².